The molecule has 0 aromatic heterocycles. The van der Waals surface area contributed by atoms with Crippen LogP contribution in [0.25, 0.3) is 0 Å². The van der Waals surface area contributed by atoms with Crippen molar-refractivity contribution < 1.29 is 11.0 Å². The molecule has 0 radical (unpaired) electrons. The van der Waals surface area contributed by atoms with E-state index in [0.717, 1.165) is 0 Å². The van der Waals surface area contributed by atoms with Gasteiger partial charge in [-0.25, -0.2) is 0 Å². The van der Waals surface area contributed by atoms with Crippen LogP contribution in [0.3, 0.4) is 0 Å². The Morgan fingerprint density at radius 1 is 1.36 bits per heavy atom. The van der Waals surface area contributed by atoms with Gasteiger partial charge in [0.25, 0.3) is 0 Å². The molecule has 0 saturated carbocycles. The lowest BCUT2D eigenvalue weighted by Gasteiger charge is -2.01. The number of halogens is 1. The van der Waals surface area contributed by atoms with Crippen molar-refractivity contribution in [3.8, 4) is 0 Å². The topological polar surface area (TPSA) is 64.1 Å². The van der Waals surface area contributed by atoms with Gasteiger partial charge in [0.05, 0.1) is 0 Å². The van der Waals surface area contributed by atoms with Crippen molar-refractivity contribution >= 4 is 12.4 Å². The number of rotatable bonds is 8. The van der Waals surface area contributed by atoms with Crippen molar-refractivity contribution in [1.29, 1.82) is 0 Å². The summed E-state index contributed by atoms with van der Waals surface area (Å²) >= 11 is 0. The van der Waals surface area contributed by atoms with Crippen molar-refractivity contribution in [1.82, 2.24) is 5.32 Å². The molecule has 0 aromatic carbocycles. The van der Waals surface area contributed by atoms with Gasteiger partial charge in [-0.1, -0.05) is 0 Å². The van der Waals surface area contributed by atoms with Gasteiger partial charge in [-0.2, -0.15) is 0 Å². The van der Waals surface area contributed by atoms with E-state index < -0.39 is 31.5 Å². The molecule has 3 nitrogen and oxygen atoms in total. The van der Waals surface area contributed by atoms with E-state index in [1.54, 1.807) is 0 Å². The molecule has 0 heterocycles. The Labute approximate surface area is 86.7 Å². The Morgan fingerprint density at radius 3 is 2.82 bits per heavy atom. The van der Waals surface area contributed by atoms with Gasteiger partial charge in [0.2, 0.25) is 0 Å². The van der Waals surface area contributed by atoms with Crippen LogP contribution < -0.4 is 16.8 Å². The Kier molecular flexibility index (Phi) is 4.56. The third-order valence-corrected chi connectivity index (χ3v) is 0.915. The van der Waals surface area contributed by atoms with Crippen LogP contribution in [-0.2, 0) is 0 Å². The summed E-state index contributed by atoms with van der Waals surface area (Å²) in [5.74, 6) is 0. The van der Waals surface area contributed by atoms with E-state index in [0.29, 0.717) is 19.5 Å². The Bertz CT molecular complexity index is 263. The van der Waals surface area contributed by atoms with Crippen molar-refractivity contribution in [2.24, 2.45) is 11.5 Å². The van der Waals surface area contributed by atoms with Crippen LogP contribution in [0.4, 0.5) is 0 Å². The van der Waals surface area contributed by atoms with Gasteiger partial charge < -0.3 is 16.8 Å². The molecular weight excluding hydrogens is 162 g/mol. The number of nitrogens with two attached hydrogens (primary N) is 2. The monoisotopic (exact) mass is 189 g/mol. The first kappa shape index (κ1) is 3.92. The van der Waals surface area contributed by atoms with Gasteiger partial charge in [-0.15, -0.1) is 12.4 Å². The highest BCUT2D eigenvalue weighted by Crippen LogP contribution is 1.81. The highest BCUT2D eigenvalue weighted by molar-refractivity contribution is 5.85. The Hall–Kier alpha value is 0.170. The van der Waals surface area contributed by atoms with Crippen molar-refractivity contribution in [2.75, 3.05) is 26.1 Å². The number of hydrogen-bond donors (Lipinski definition) is 3. The molecule has 0 fully saturated rings. The molecule has 0 rings (SSSR count). The minimum Gasteiger partial charge on any atom is -0.330 e. The van der Waals surface area contributed by atoms with E-state index in [-0.39, 0.29) is 12.4 Å². The van der Waals surface area contributed by atoms with E-state index in [1.807, 2.05) is 0 Å². The van der Waals surface area contributed by atoms with Gasteiger partial charge in [-0.05, 0) is 45.3 Å². The molecule has 0 aliphatic rings. The SMILES string of the molecule is Cl.[2H]N([2H])C([2H])([2H])C([2H])([2H])C([2H])([2H])CNCCCN. The summed E-state index contributed by atoms with van der Waals surface area (Å²) in [5, 5.41) is 2.64. The zero-order valence-electron chi connectivity index (χ0n) is 14.3. The minimum atomic E-state index is -3.06. The highest BCUT2D eigenvalue weighted by Gasteiger charge is 1.85. The maximum absolute atomic E-state index is 7.58. The molecule has 0 saturated heterocycles. The fourth-order valence-corrected chi connectivity index (χ4v) is 0.462. The van der Waals surface area contributed by atoms with Crippen molar-refractivity contribution in [3.63, 3.8) is 0 Å². The third-order valence-electron chi connectivity index (χ3n) is 0.915. The summed E-state index contributed by atoms with van der Waals surface area (Å²) in [4.78, 5) is 0. The quantitative estimate of drug-likeness (QED) is 0.475. The van der Waals surface area contributed by atoms with Gasteiger partial charge in [0.15, 0.2) is 0 Å². The molecule has 0 unspecified atom stereocenters. The van der Waals surface area contributed by atoms with Gasteiger partial charge in [-0.3, -0.25) is 0 Å². The summed E-state index contributed by atoms with van der Waals surface area (Å²) < 4.78 is 58.5. The van der Waals surface area contributed by atoms with E-state index in [2.05, 4.69) is 5.32 Å². The number of hydrogen-bond acceptors (Lipinski definition) is 3. The molecule has 0 bridgehead atoms. The van der Waals surface area contributed by atoms with Crippen molar-refractivity contribution in [2.45, 2.75) is 19.2 Å². The first-order valence-corrected chi connectivity index (χ1v) is 3.19. The lowest BCUT2D eigenvalue weighted by molar-refractivity contribution is 0.611. The lowest BCUT2D eigenvalue weighted by Crippen LogP contribution is -2.19. The maximum Gasteiger partial charge on any atom is 0.118 e. The van der Waals surface area contributed by atoms with Gasteiger partial charge >= 0.3 is 0 Å². The summed E-state index contributed by atoms with van der Waals surface area (Å²) in [6.07, 6.45) is -4.99. The lowest BCUT2D eigenvalue weighted by atomic mass is 10.3. The molecule has 11 heavy (non-hydrogen) atoms. The maximum atomic E-state index is 7.58. The van der Waals surface area contributed by atoms with E-state index >= 15 is 0 Å². The van der Waals surface area contributed by atoms with Crippen LogP contribution in [0.15, 0.2) is 0 Å². The first-order valence-electron chi connectivity index (χ1n) is 7.09. The van der Waals surface area contributed by atoms with Crippen LogP contribution in [0.2, 0.25) is 2.82 Å². The first-order chi connectivity index (χ1) is 8.00. The van der Waals surface area contributed by atoms with Crippen LogP contribution in [0.1, 0.15) is 27.4 Å². The van der Waals surface area contributed by atoms with Crippen molar-refractivity contribution in [3.05, 3.63) is 0 Å². The van der Waals surface area contributed by atoms with Crippen LogP contribution in [-0.4, -0.2) is 26.1 Å². The molecular formula is C7H20ClN3. The van der Waals surface area contributed by atoms with E-state index in [9.17, 15) is 0 Å². The minimum absolute atomic E-state index is 0. The van der Waals surface area contributed by atoms with E-state index in [4.69, 9.17) is 16.8 Å². The zero-order valence-corrected chi connectivity index (χ0v) is 7.08. The second-order valence-corrected chi connectivity index (χ2v) is 1.73. The predicted molar refractivity (Wildman–Crippen MR) is 52.1 cm³/mol. The highest BCUT2D eigenvalue weighted by atomic mass is 35.5. The Balaban J connectivity index is 0. The molecule has 0 aromatic rings. The molecule has 0 aliphatic carbocycles. The molecule has 5 N–H and O–H groups in total. The molecule has 0 amide bonds. The van der Waals surface area contributed by atoms with Crippen LogP contribution in [0, 0.1) is 0 Å². The molecule has 4 heteroatoms. The molecule has 0 spiro atoms. The Morgan fingerprint density at radius 2 is 2.18 bits per heavy atom. The van der Waals surface area contributed by atoms with Gasteiger partial charge in [0.1, 0.15) is 2.82 Å². The molecule has 70 valence electrons. The fraction of sp³-hybridized carbons (Fsp3) is 1.00. The second kappa shape index (κ2) is 12.8. The average Bonchev–Trinajstić information content (AvgIpc) is 2.23. The summed E-state index contributed by atoms with van der Waals surface area (Å²) in [6.45, 7) is -2.68. The largest absolute Gasteiger partial charge is 0.330 e. The fourth-order valence-electron chi connectivity index (χ4n) is 0.462. The summed E-state index contributed by atoms with van der Waals surface area (Å²) in [7, 11) is 0. The average molecular weight is 190 g/mol. The third kappa shape index (κ3) is 13.2. The van der Waals surface area contributed by atoms with Gasteiger partial charge in [0, 0.05) is 8.22 Å². The predicted octanol–water partition coefficient (Wildman–Crippen LogP) is 0.0855. The smallest absolute Gasteiger partial charge is 0.118 e. The van der Waals surface area contributed by atoms with Crippen LogP contribution >= 0.6 is 12.4 Å². The van der Waals surface area contributed by atoms with E-state index in [1.165, 1.54) is 0 Å². The summed E-state index contributed by atoms with van der Waals surface area (Å²) in [5.41, 5.74) is 4.80. The summed E-state index contributed by atoms with van der Waals surface area (Å²) in [6, 6.07) is 0. The molecule has 0 atom stereocenters. The second-order valence-electron chi connectivity index (χ2n) is 1.73. The normalized spacial score (nSPS) is 24.2. The number of nitrogens with one attached hydrogen (secondary N) is 1. The van der Waals surface area contributed by atoms with Crippen LogP contribution in [0.5, 0.6) is 0 Å². The zero-order chi connectivity index (χ0) is 14.6. The molecule has 0 aliphatic heterocycles. The standard InChI is InChI=1S/C7H19N3.ClH/c8-4-1-2-6-10-7-3-5-9;/h10H,1-9H2;1H/i1D2,2D2,4D2;/hD2.